The first kappa shape index (κ1) is 14.3. The second kappa shape index (κ2) is 5.13. The summed E-state index contributed by atoms with van der Waals surface area (Å²) in [6, 6.07) is 4.20. The highest BCUT2D eigenvalue weighted by molar-refractivity contribution is 5.97. The molecule has 1 saturated heterocycles. The molecule has 0 spiro atoms. The number of hydrogen-bond acceptors (Lipinski definition) is 4. The lowest BCUT2D eigenvalue weighted by Gasteiger charge is -2.25. The Hall–Kier alpha value is -2.08. The van der Waals surface area contributed by atoms with E-state index in [0.717, 1.165) is 0 Å². The summed E-state index contributed by atoms with van der Waals surface area (Å²) >= 11 is 0. The molecule has 1 amide bonds. The van der Waals surface area contributed by atoms with Crippen LogP contribution in [0.15, 0.2) is 18.2 Å². The zero-order valence-corrected chi connectivity index (χ0v) is 11.3. The number of aryl methyl sites for hydroxylation is 1. The Balaban J connectivity index is 2.20. The Kier molecular flexibility index (Phi) is 3.67. The predicted molar refractivity (Wildman–Crippen MR) is 70.7 cm³/mol. The van der Waals surface area contributed by atoms with Gasteiger partial charge in [0.1, 0.15) is 11.2 Å². The molecule has 0 aromatic heterocycles. The van der Waals surface area contributed by atoms with Gasteiger partial charge in [-0.25, -0.2) is 0 Å². The molecule has 108 valence electrons. The minimum atomic E-state index is -1.16. The summed E-state index contributed by atoms with van der Waals surface area (Å²) < 4.78 is 5.17. The maximum atomic E-state index is 12.2. The molecule has 1 aliphatic rings. The van der Waals surface area contributed by atoms with Gasteiger partial charge in [0.05, 0.1) is 24.8 Å². The van der Waals surface area contributed by atoms with Crippen molar-refractivity contribution in [3.05, 3.63) is 29.3 Å². The third-order valence-electron chi connectivity index (χ3n) is 3.73. The number of benzene rings is 1. The summed E-state index contributed by atoms with van der Waals surface area (Å²) in [5.74, 6) is -1.62. The Morgan fingerprint density at radius 1 is 1.45 bits per heavy atom. The highest BCUT2D eigenvalue weighted by Crippen LogP contribution is 2.29. The van der Waals surface area contributed by atoms with Gasteiger partial charge in [-0.2, -0.15) is 0 Å². The van der Waals surface area contributed by atoms with Crippen molar-refractivity contribution in [2.75, 3.05) is 13.2 Å². The quantitative estimate of drug-likeness (QED) is 0.764. The average Bonchev–Trinajstić information content (AvgIpc) is 2.75. The Bertz CT molecular complexity index is 556. The number of para-hydroxylation sites is 1. The molecule has 1 aromatic carbocycles. The fourth-order valence-electron chi connectivity index (χ4n) is 2.16. The molecule has 6 heteroatoms. The number of rotatable bonds is 3. The molecule has 2 atom stereocenters. The lowest BCUT2D eigenvalue weighted by atomic mass is 9.85. The van der Waals surface area contributed by atoms with Crippen LogP contribution in [0.1, 0.15) is 22.8 Å². The van der Waals surface area contributed by atoms with E-state index in [4.69, 9.17) is 4.74 Å². The number of ether oxygens (including phenoxy) is 1. The topological polar surface area (TPSA) is 95.9 Å². The van der Waals surface area contributed by atoms with Crippen LogP contribution >= 0.6 is 0 Å². The number of aliphatic carboxylic acids is 1. The molecule has 1 aromatic rings. The maximum Gasteiger partial charge on any atom is 0.313 e. The third-order valence-corrected chi connectivity index (χ3v) is 3.73. The van der Waals surface area contributed by atoms with Gasteiger partial charge in [0.15, 0.2) is 0 Å². The molecular formula is C14H17NO5. The number of carboxylic acids is 1. The van der Waals surface area contributed by atoms with Gasteiger partial charge in [0.2, 0.25) is 0 Å². The standard InChI is InChI=1S/C14H17NO5/c1-8-4-3-5-9(11(8)16)12(17)15-10-6-20-7-14(10,2)13(18)19/h3-5,10,16H,6-7H2,1-2H3,(H,15,17)(H,18,19). The second-order valence-corrected chi connectivity index (χ2v) is 5.23. The van der Waals surface area contributed by atoms with Crippen LogP contribution in [-0.4, -0.2) is 41.3 Å². The van der Waals surface area contributed by atoms with Gasteiger partial charge >= 0.3 is 5.97 Å². The summed E-state index contributed by atoms with van der Waals surface area (Å²) in [4.78, 5) is 23.5. The van der Waals surface area contributed by atoms with Crippen molar-refractivity contribution >= 4 is 11.9 Å². The Morgan fingerprint density at radius 2 is 2.15 bits per heavy atom. The molecule has 2 unspecified atom stereocenters. The molecule has 20 heavy (non-hydrogen) atoms. The number of aromatic hydroxyl groups is 1. The lowest BCUT2D eigenvalue weighted by Crippen LogP contribution is -2.49. The van der Waals surface area contributed by atoms with Gasteiger partial charge in [-0.3, -0.25) is 9.59 Å². The Morgan fingerprint density at radius 3 is 2.80 bits per heavy atom. The van der Waals surface area contributed by atoms with Gasteiger partial charge in [-0.15, -0.1) is 0 Å². The number of hydrogen-bond donors (Lipinski definition) is 3. The van der Waals surface area contributed by atoms with Crippen LogP contribution in [0.2, 0.25) is 0 Å². The van der Waals surface area contributed by atoms with Crippen LogP contribution in [0.4, 0.5) is 0 Å². The number of nitrogens with one attached hydrogen (secondary N) is 1. The molecule has 2 rings (SSSR count). The summed E-state index contributed by atoms with van der Waals surface area (Å²) in [6.45, 7) is 3.41. The lowest BCUT2D eigenvalue weighted by molar-refractivity contribution is -0.148. The normalized spacial score (nSPS) is 25.4. The third kappa shape index (κ3) is 2.34. The van der Waals surface area contributed by atoms with Crippen LogP contribution in [0, 0.1) is 12.3 Å². The van der Waals surface area contributed by atoms with E-state index in [0.29, 0.717) is 5.56 Å². The summed E-state index contributed by atoms with van der Waals surface area (Å²) in [6.07, 6.45) is 0. The van der Waals surface area contributed by atoms with Crippen LogP contribution in [0.3, 0.4) is 0 Å². The minimum Gasteiger partial charge on any atom is -0.507 e. The number of carbonyl (C=O) groups excluding carboxylic acids is 1. The van der Waals surface area contributed by atoms with Crippen molar-refractivity contribution in [3.8, 4) is 5.75 Å². The minimum absolute atomic E-state index is 0.0487. The number of amides is 1. The van der Waals surface area contributed by atoms with Gasteiger partial charge in [-0.1, -0.05) is 12.1 Å². The van der Waals surface area contributed by atoms with Gasteiger partial charge in [0, 0.05) is 0 Å². The first-order valence-electron chi connectivity index (χ1n) is 6.27. The second-order valence-electron chi connectivity index (χ2n) is 5.23. The summed E-state index contributed by atoms with van der Waals surface area (Å²) in [7, 11) is 0. The maximum absolute atomic E-state index is 12.2. The van der Waals surface area contributed by atoms with E-state index in [-0.39, 0.29) is 24.5 Å². The molecule has 1 heterocycles. The van der Waals surface area contributed by atoms with E-state index in [9.17, 15) is 19.8 Å². The van der Waals surface area contributed by atoms with Crippen LogP contribution in [0.25, 0.3) is 0 Å². The van der Waals surface area contributed by atoms with Gasteiger partial charge in [0.25, 0.3) is 5.91 Å². The first-order valence-corrected chi connectivity index (χ1v) is 6.27. The zero-order valence-electron chi connectivity index (χ0n) is 11.3. The highest BCUT2D eigenvalue weighted by Gasteiger charge is 2.47. The molecule has 1 fully saturated rings. The number of phenolic OH excluding ortho intramolecular Hbond substituents is 1. The van der Waals surface area contributed by atoms with Crippen LogP contribution in [0.5, 0.6) is 5.75 Å². The van der Waals surface area contributed by atoms with E-state index in [1.54, 1.807) is 19.1 Å². The van der Waals surface area contributed by atoms with Crippen LogP contribution in [-0.2, 0) is 9.53 Å². The summed E-state index contributed by atoms with van der Waals surface area (Å²) in [5, 5.41) is 21.7. The molecule has 1 aliphatic heterocycles. The van der Waals surface area contributed by atoms with E-state index >= 15 is 0 Å². The van der Waals surface area contributed by atoms with Crippen molar-refractivity contribution in [2.45, 2.75) is 19.9 Å². The molecule has 0 radical (unpaired) electrons. The van der Waals surface area contributed by atoms with Crippen molar-refractivity contribution in [1.82, 2.24) is 5.32 Å². The van der Waals surface area contributed by atoms with Crippen molar-refractivity contribution in [3.63, 3.8) is 0 Å². The first-order chi connectivity index (χ1) is 9.36. The van der Waals surface area contributed by atoms with Crippen molar-refractivity contribution < 1.29 is 24.5 Å². The molecule has 0 aliphatic carbocycles. The molecular weight excluding hydrogens is 262 g/mol. The fourth-order valence-corrected chi connectivity index (χ4v) is 2.16. The van der Waals surface area contributed by atoms with E-state index in [1.165, 1.54) is 13.0 Å². The highest BCUT2D eigenvalue weighted by atomic mass is 16.5. The monoisotopic (exact) mass is 279 g/mol. The van der Waals surface area contributed by atoms with Gasteiger partial charge < -0.3 is 20.3 Å². The number of carboxylic acid groups (broad SMARTS) is 1. The molecule has 0 saturated carbocycles. The van der Waals surface area contributed by atoms with Crippen molar-refractivity contribution in [1.29, 1.82) is 0 Å². The SMILES string of the molecule is Cc1cccc(C(=O)NC2COCC2(C)C(=O)O)c1O. The zero-order chi connectivity index (χ0) is 14.9. The van der Waals surface area contributed by atoms with Crippen molar-refractivity contribution in [2.24, 2.45) is 5.41 Å². The predicted octanol–water partition coefficient (Wildman–Crippen LogP) is 0.920. The molecule has 0 bridgehead atoms. The smallest absolute Gasteiger partial charge is 0.313 e. The van der Waals surface area contributed by atoms with E-state index < -0.39 is 23.3 Å². The molecule has 6 nitrogen and oxygen atoms in total. The number of phenols is 1. The molecule has 3 N–H and O–H groups in total. The van der Waals surface area contributed by atoms with E-state index in [1.807, 2.05) is 0 Å². The fraction of sp³-hybridized carbons (Fsp3) is 0.429. The average molecular weight is 279 g/mol. The number of carbonyl (C=O) groups is 2. The van der Waals surface area contributed by atoms with Crippen LogP contribution < -0.4 is 5.32 Å². The van der Waals surface area contributed by atoms with E-state index in [2.05, 4.69) is 5.32 Å². The largest absolute Gasteiger partial charge is 0.507 e. The summed E-state index contributed by atoms with van der Waals surface area (Å²) in [5.41, 5.74) is -0.444. The van der Waals surface area contributed by atoms with Gasteiger partial charge in [-0.05, 0) is 25.5 Å². The Labute approximate surface area is 116 Å².